The number of imidazole rings is 1. The van der Waals surface area contributed by atoms with Crippen LogP contribution in [0.1, 0.15) is 25.7 Å². The van der Waals surface area contributed by atoms with Crippen molar-refractivity contribution < 1.29 is 8.42 Å². The van der Waals surface area contributed by atoms with Gasteiger partial charge >= 0.3 is 0 Å². The highest BCUT2D eigenvalue weighted by Crippen LogP contribution is 2.28. The average molecular weight is 299 g/mol. The standard InChI is InChI=1S/C12H21N5O2S/c1-16-8-14-11(13)12(16)20(18,19)15-9-5-7-17-6-3-2-4-10(9)17/h8-10,15H,2-7,13H2,1H3. The molecule has 2 saturated heterocycles. The van der Waals surface area contributed by atoms with Gasteiger partial charge in [-0.05, 0) is 25.8 Å². The van der Waals surface area contributed by atoms with Crippen molar-refractivity contribution >= 4 is 15.8 Å². The van der Waals surface area contributed by atoms with E-state index >= 15 is 0 Å². The molecule has 0 saturated carbocycles. The first-order valence-corrected chi connectivity index (χ1v) is 8.50. The molecular weight excluding hydrogens is 278 g/mol. The van der Waals surface area contributed by atoms with Crippen molar-refractivity contribution in [3.8, 4) is 0 Å². The molecule has 20 heavy (non-hydrogen) atoms. The zero-order valence-corrected chi connectivity index (χ0v) is 12.4. The van der Waals surface area contributed by atoms with E-state index in [1.54, 1.807) is 7.05 Å². The molecule has 1 aromatic heterocycles. The Morgan fingerprint density at radius 3 is 2.85 bits per heavy atom. The molecule has 0 bridgehead atoms. The summed E-state index contributed by atoms with van der Waals surface area (Å²) in [6.07, 6.45) is 5.74. The van der Waals surface area contributed by atoms with Crippen LogP contribution in [0.25, 0.3) is 0 Å². The molecular formula is C12H21N5O2S. The molecule has 3 N–H and O–H groups in total. The fourth-order valence-corrected chi connectivity index (χ4v) is 4.94. The second kappa shape index (κ2) is 5.01. The summed E-state index contributed by atoms with van der Waals surface area (Å²) in [6.45, 7) is 2.05. The number of rotatable bonds is 3. The van der Waals surface area contributed by atoms with Crippen molar-refractivity contribution in [3.05, 3.63) is 6.33 Å². The number of aryl methyl sites for hydroxylation is 1. The number of hydrogen-bond donors (Lipinski definition) is 2. The number of nitrogens with one attached hydrogen (secondary N) is 1. The Bertz CT molecular complexity index is 577. The molecule has 7 nitrogen and oxygen atoms in total. The molecule has 0 radical (unpaired) electrons. The Kier molecular flexibility index (Phi) is 3.47. The fraction of sp³-hybridized carbons (Fsp3) is 0.750. The van der Waals surface area contributed by atoms with E-state index in [9.17, 15) is 8.42 Å². The van der Waals surface area contributed by atoms with Gasteiger partial charge in [-0.15, -0.1) is 0 Å². The highest BCUT2D eigenvalue weighted by molar-refractivity contribution is 7.89. The largest absolute Gasteiger partial charge is 0.381 e. The quantitative estimate of drug-likeness (QED) is 0.813. The third-order valence-electron chi connectivity index (χ3n) is 4.33. The second-order valence-corrected chi connectivity index (χ2v) is 7.29. The number of piperidine rings is 1. The van der Waals surface area contributed by atoms with Gasteiger partial charge in [-0.25, -0.2) is 18.1 Å². The number of nitrogen functional groups attached to an aromatic ring is 1. The fourth-order valence-electron chi connectivity index (χ4n) is 3.40. The number of nitrogens with zero attached hydrogens (tertiary/aromatic N) is 3. The first kappa shape index (κ1) is 13.8. The third kappa shape index (κ3) is 2.32. The molecule has 2 fully saturated rings. The van der Waals surface area contributed by atoms with E-state index in [1.807, 2.05) is 0 Å². The van der Waals surface area contributed by atoms with E-state index in [0.29, 0.717) is 6.04 Å². The SMILES string of the molecule is Cn1cnc(N)c1S(=O)(=O)NC1CCN2CCCCC12. The normalized spacial score (nSPS) is 27.6. The lowest BCUT2D eigenvalue weighted by Crippen LogP contribution is -2.47. The molecule has 112 valence electrons. The minimum Gasteiger partial charge on any atom is -0.381 e. The Labute approximate surface area is 119 Å². The molecule has 0 spiro atoms. The third-order valence-corrected chi connectivity index (χ3v) is 5.95. The van der Waals surface area contributed by atoms with Gasteiger partial charge in [0.2, 0.25) is 0 Å². The average Bonchev–Trinajstić information content (AvgIpc) is 2.94. The Morgan fingerprint density at radius 2 is 2.15 bits per heavy atom. The zero-order valence-electron chi connectivity index (χ0n) is 11.6. The molecule has 3 heterocycles. The number of sulfonamides is 1. The number of nitrogens with two attached hydrogens (primary N) is 1. The summed E-state index contributed by atoms with van der Waals surface area (Å²) in [7, 11) is -1.98. The highest BCUT2D eigenvalue weighted by atomic mass is 32.2. The predicted octanol–water partition coefficient (Wildman–Crippen LogP) is -0.0926. The molecule has 3 rings (SSSR count). The van der Waals surface area contributed by atoms with Crippen LogP contribution in [0.15, 0.2) is 11.4 Å². The maximum absolute atomic E-state index is 12.5. The highest BCUT2D eigenvalue weighted by Gasteiger charge is 2.38. The van der Waals surface area contributed by atoms with Crippen LogP contribution >= 0.6 is 0 Å². The van der Waals surface area contributed by atoms with Crippen LogP contribution in [0.5, 0.6) is 0 Å². The van der Waals surface area contributed by atoms with Gasteiger partial charge < -0.3 is 10.3 Å². The van der Waals surface area contributed by atoms with Gasteiger partial charge in [0.15, 0.2) is 10.8 Å². The zero-order chi connectivity index (χ0) is 14.3. The van der Waals surface area contributed by atoms with Gasteiger partial charge in [0.05, 0.1) is 6.33 Å². The molecule has 2 aliphatic rings. The Hall–Kier alpha value is -1.12. The number of anilines is 1. The van der Waals surface area contributed by atoms with Crippen LogP contribution in [0.3, 0.4) is 0 Å². The second-order valence-electron chi connectivity index (χ2n) is 5.66. The van der Waals surface area contributed by atoms with Gasteiger partial charge in [-0.3, -0.25) is 4.90 Å². The number of aromatic nitrogens is 2. The maximum atomic E-state index is 12.5. The monoisotopic (exact) mass is 299 g/mol. The van der Waals surface area contributed by atoms with Crippen LogP contribution in [0.4, 0.5) is 5.82 Å². The van der Waals surface area contributed by atoms with Crippen LogP contribution in [-0.2, 0) is 17.1 Å². The van der Waals surface area contributed by atoms with Gasteiger partial charge in [-0.2, -0.15) is 0 Å². The molecule has 2 atom stereocenters. The number of fused-ring (bicyclic) bond motifs is 1. The molecule has 1 aromatic rings. The lowest BCUT2D eigenvalue weighted by molar-refractivity contribution is 0.186. The summed E-state index contributed by atoms with van der Waals surface area (Å²) >= 11 is 0. The van der Waals surface area contributed by atoms with E-state index in [0.717, 1.165) is 25.9 Å². The Morgan fingerprint density at radius 1 is 1.35 bits per heavy atom. The summed E-state index contributed by atoms with van der Waals surface area (Å²) < 4.78 is 29.3. The van der Waals surface area contributed by atoms with E-state index in [4.69, 9.17) is 5.73 Å². The van der Waals surface area contributed by atoms with Crippen molar-refractivity contribution in [3.63, 3.8) is 0 Å². The van der Waals surface area contributed by atoms with Crippen LogP contribution in [0.2, 0.25) is 0 Å². The minimum absolute atomic E-state index is 0.0189. The molecule has 0 aromatic carbocycles. The summed E-state index contributed by atoms with van der Waals surface area (Å²) in [5.74, 6) is 0.0542. The smallest absolute Gasteiger partial charge is 0.260 e. The summed E-state index contributed by atoms with van der Waals surface area (Å²) in [6, 6.07) is 0.308. The van der Waals surface area contributed by atoms with Crippen molar-refractivity contribution in [2.75, 3.05) is 18.8 Å². The predicted molar refractivity (Wildman–Crippen MR) is 75.6 cm³/mol. The summed E-state index contributed by atoms with van der Waals surface area (Å²) in [5.41, 5.74) is 5.67. The number of hydrogen-bond acceptors (Lipinski definition) is 5. The van der Waals surface area contributed by atoms with Crippen molar-refractivity contribution in [1.29, 1.82) is 0 Å². The first-order chi connectivity index (χ1) is 9.49. The van der Waals surface area contributed by atoms with Crippen molar-refractivity contribution in [1.82, 2.24) is 19.2 Å². The molecule has 8 heteroatoms. The first-order valence-electron chi connectivity index (χ1n) is 7.02. The van der Waals surface area contributed by atoms with Gasteiger partial charge in [0.25, 0.3) is 10.0 Å². The van der Waals surface area contributed by atoms with Crippen LogP contribution in [0, 0.1) is 0 Å². The van der Waals surface area contributed by atoms with Gasteiger partial charge in [-0.1, -0.05) is 6.42 Å². The molecule has 2 unspecified atom stereocenters. The lowest BCUT2D eigenvalue weighted by Gasteiger charge is -2.32. The van der Waals surface area contributed by atoms with E-state index in [2.05, 4.69) is 14.6 Å². The van der Waals surface area contributed by atoms with Crippen molar-refractivity contribution in [2.24, 2.45) is 7.05 Å². The van der Waals surface area contributed by atoms with E-state index < -0.39 is 10.0 Å². The topological polar surface area (TPSA) is 93.2 Å². The Balaban J connectivity index is 1.80. The maximum Gasteiger partial charge on any atom is 0.260 e. The lowest BCUT2D eigenvalue weighted by atomic mass is 10.00. The van der Waals surface area contributed by atoms with Crippen LogP contribution in [-0.4, -0.2) is 48.0 Å². The molecule has 2 aliphatic heterocycles. The van der Waals surface area contributed by atoms with Crippen molar-refractivity contribution in [2.45, 2.75) is 42.8 Å². The summed E-state index contributed by atoms with van der Waals surface area (Å²) in [5, 5.41) is 0.0618. The molecule has 0 amide bonds. The van der Waals surface area contributed by atoms with Gasteiger partial charge in [0.1, 0.15) is 0 Å². The minimum atomic E-state index is -3.61. The van der Waals surface area contributed by atoms with Crippen LogP contribution < -0.4 is 10.5 Å². The summed E-state index contributed by atoms with van der Waals surface area (Å²) in [4.78, 5) is 6.24. The van der Waals surface area contributed by atoms with E-state index in [-0.39, 0.29) is 16.9 Å². The van der Waals surface area contributed by atoms with Gasteiger partial charge in [0, 0.05) is 25.7 Å². The van der Waals surface area contributed by atoms with E-state index in [1.165, 1.54) is 23.7 Å². The molecule has 0 aliphatic carbocycles.